The van der Waals surface area contributed by atoms with E-state index in [4.69, 9.17) is 14.2 Å². The van der Waals surface area contributed by atoms with Crippen molar-refractivity contribution in [3.05, 3.63) is 55.1 Å². The highest BCUT2D eigenvalue weighted by Crippen LogP contribution is 2.30. The Morgan fingerprint density at radius 2 is 1.81 bits per heavy atom. The van der Waals surface area contributed by atoms with Crippen LogP contribution < -0.4 is 19.5 Å². The summed E-state index contributed by atoms with van der Waals surface area (Å²) in [6.45, 7) is 4.34. The Hall–Kier alpha value is -3.46. The molecule has 0 aliphatic carbocycles. The fourth-order valence-electron chi connectivity index (χ4n) is 2.88. The van der Waals surface area contributed by atoms with Crippen molar-refractivity contribution >= 4 is 23.4 Å². The van der Waals surface area contributed by atoms with Crippen LogP contribution in [-0.4, -0.2) is 47.8 Å². The van der Waals surface area contributed by atoms with Gasteiger partial charge in [-0.3, -0.25) is 9.36 Å². The molecule has 31 heavy (non-hydrogen) atoms. The summed E-state index contributed by atoms with van der Waals surface area (Å²) in [5.41, 5.74) is 1.52. The molecule has 0 bridgehead atoms. The highest BCUT2D eigenvalue weighted by Gasteiger charge is 2.15. The zero-order chi connectivity index (χ0) is 22.2. The standard InChI is InChI=1S/C22H24N4O4S/c1-5-12-26-21(15-6-9-17(28-2)10-7-15)24-25-22(26)31-14-20(27)23-16-8-11-18(29-3)19(13-16)30-4/h5-11,13H,1,12,14H2,2-4H3,(H,23,27). The molecule has 3 rings (SSSR count). The minimum atomic E-state index is -0.170. The fraction of sp³-hybridized carbons (Fsp3) is 0.227. The van der Waals surface area contributed by atoms with Crippen LogP contribution in [0, 0.1) is 0 Å². The Bertz CT molecular complexity index is 1050. The van der Waals surface area contributed by atoms with Crippen LogP contribution in [-0.2, 0) is 11.3 Å². The van der Waals surface area contributed by atoms with Crippen LogP contribution in [0.4, 0.5) is 5.69 Å². The van der Waals surface area contributed by atoms with Gasteiger partial charge in [-0.05, 0) is 36.4 Å². The average Bonchev–Trinajstić information content (AvgIpc) is 3.20. The van der Waals surface area contributed by atoms with E-state index in [1.54, 1.807) is 45.6 Å². The minimum absolute atomic E-state index is 0.170. The number of carbonyl (C=O) groups is 1. The van der Waals surface area contributed by atoms with E-state index in [-0.39, 0.29) is 11.7 Å². The molecule has 1 N–H and O–H groups in total. The Balaban J connectivity index is 1.70. The van der Waals surface area contributed by atoms with Crippen molar-refractivity contribution in [2.75, 3.05) is 32.4 Å². The molecule has 1 amide bonds. The van der Waals surface area contributed by atoms with Gasteiger partial charge in [0.1, 0.15) is 5.75 Å². The van der Waals surface area contributed by atoms with Gasteiger partial charge in [0.05, 0.1) is 27.1 Å². The molecule has 0 fully saturated rings. The number of anilines is 1. The smallest absolute Gasteiger partial charge is 0.234 e. The number of allylic oxidation sites excluding steroid dienone is 1. The summed E-state index contributed by atoms with van der Waals surface area (Å²) < 4.78 is 17.6. The molecule has 9 heteroatoms. The normalized spacial score (nSPS) is 10.4. The predicted octanol–water partition coefficient (Wildman–Crippen LogP) is 3.89. The zero-order valence-corrected chi connectivity index (χ0v) is 18.4. The molecule has 0 spiro atoms. The molecule has 162 valence electrons. The number of thioether (sulfide) groups is 1. The fourth-order valence-corrected chi connectivity index (χ4v) is 3.63. The van der Waals surface area contributed by atoms with E-state index in [0.717, 1.165) is 11.3 Å². The molecule has 0 radical (unpaired) electrons. The number of rotatable bonds is 10. The van der Waals surface area contributed by atoms with Crippen LogP contribution in [0.15, 0.2) is 60.3 Å². The summed E-state index contributed by atoms with van der Waals surface area (Å²) in [7, 11) is 4.73. The molecule has 1 aromatic heterocycles. The molecule has 0 atom stereocenters. The number of aromatic nitrogens is 3. The summed E-state index contributed by atoms with van der Waals surface area (Å²) in [6, 6.07) is 12.8. The third-order valence-corrected chi connectivity index (χ3v) is 5.34. The lowest BCUT2D eigenvalue weighted by Crippen LogP contribution is -2.14. The molecule has 8 nitrogen and oxygen atoms in total. The zero-order valence-electron chi connectivity index (χ0n) is 17.6. The maximum Gasteiger partial charge on any atom is 0.234 e. The van der Waals surface area contributed by atoms with E-state index in [0.29, 0.717) is 34.7 Å². The number of carbonyl (C=O) groups excluding carboxylic acids is 1. The highest BCUT2D eigenvalue weighted by atomic mass is 32.2. The van der Waals surface area contributed by atoms with Crippen molar-refractivity contribution in [2.24, 2.45) is 0 Å². The van der Waals surface area contributed by atoms with Crippen LogP contribution >= 0.6 is 11.8 Å². The average molecular weight is 441 g/mol. The van der Waals surface area contributed by atoms with Gasteiger partial charge < -0.3 is 19.5 Å². The van der Waals surface area contributed by atoms with Gasteiger partial charge in [0.25, 0.3) is 0 Å². The summed E-state index contributed by atoms with van der Waals surface area (Å²) in [6.07, 6.45) is 1.77. The van der Waals surface area contributed by atoms with E-state index in [9.17, 15) is 4.79 Å². The summed E-state index contributed by atoms with van der Waals surface area (Å²) in [5, 5.41) is 12.1. The van der Waals surface area contributed by atoms with Crippen LogP contribution in [0.1, 0.15) is 0 Å². The number of nitrogens with one attached hydrogen (secondary N) is 1. The molecule has 0 unspecified atom stereocenters. The van der Waals surface area contributed by atoms with E-state index in [1.165, 1.54) is 11.8 Å². The van der Waals surface area contributed by atoms with Crippen molar-refractivity contribution in [1.29, 1.82) is 0 Å². The molecule has 0 saturated heterocycles. The summed E-state index contributed by atoms with van der Waals surface area (Å²) >= 11 is 1.30. The first-order valence-electron chi connectivity index (χ1n) is 9.42. The van der Waals surface area contributed by atoms with Crippen molar-refractivity contribution in [1.82, 2.24) is 14.8 Å². The second kappa shape index (κ2) is 10.5. The van der Waals surface area contributed by atoms with Crippen molar-refractivity contribution in [3.8, 4) is 28.6 Å². The molecule has 0 saturated carbocycles. The van der Waals surface area contributed by atoms with E-state index in [2.05, 4.69) is 22.1 Å². The molecular formula is C22H24N4O4S. The quantitative estimate of drug-likeness (QED) is 0.378. The Kier molecular flexibility index (Phi) is 7.55. The largest absolute Gasteiger partial charge is 0.497 e. The number of ether oxygens (including phenoxy) is 3. The van der Waals surface area contributed by atoms with Crippen molar-refractivity contribution < 1.29 is 19.0 Å². The lowest BCUT2D eigenvalue weighted by Gasteiger charge is -2.11. The number of hydrogen-bond donors (Lipinski definition) is 1. The molecule has 0 aliphatic rings. The van der Waals surface area contributed by atoms with Crippen LogP contribution in [0.2, 0.25) is 0 Å². The van der Waals surface area contributed by atoms with Gasteiger partial charge in [-0.2, -0.15) is 0 Å². The molecule has 0 aliphatic heterocycles. The third-order valence-electron chi connectivity index (χ3n) is 4.38. The van der Waals surface area contributed by atoms with Crippen molar-refractivity contribution in [2.45, 2.75) is 11.7 Å². The Labute approximate surface area is 185 Å². The maximum atomic E-state index is 12.5. The van der Waals surface area contributed by atoms with Crippen molar-refractivity contribution in [3.63, 3.8) is 0 Å². The lowest BCUT2D eigenvalue weighted by molar-refractivity contribution is -0.113. The second-order valence-electron chi connectivity index (χ2n) is 6.34. The van der Waals surface area contributed by atoms with E-state index < -0.39 is 0 Å². The van der Waals surface area contributed by atoms with Gasteiger partial charge in [-0.15, -0.1) is 16.8 Å². The molecular weight excluding hydrogens is 416 g/mol. The topological polar surface area (TPSA) is 87.5 Å². The first kappa shape index (κ1) is 22.2. The second-order valence-corrected chi connectivity index (χ2v) is 7.28. The minimum Gasteiger partial charge on any atom is -0.497 e. The third kappa shape index (κ3) is 5.37. The number of amides is 1. The Morgan fingerprint density at radius 3 is 2.45 bits per heavy atom. The number of benzene rings is 2. The SMILES string of the molecule is C=CCn1c(SCC(=O)Nc2ccc(OC)c(OC)c2)nnc1-c1ccc(OC)cc1. The van der Waals surface area contributed by atoms with Crippen LogP contribution in [0.25, 0.3) is 11.4 Å². The lowest BCUT2D eigenvalue weighted by atomic mass is 10.2. The summed E-state index contributed by atoms with van der Waals surface area (Å²) in [4.78, 5) is 12.5. The first-order valence-corrected chi connectivity index (χ1v) is 10.4. The number of hydrogen-bond acceptors (Lipinski definition) is 7. The number of methoxy groups -OCH3 is 3. The van der Waals surface area contributed by atoms with Crippen LogP contribution in [0.5, 0.6) is 17.2 Å². The molecule has 2 aromatic carbocycles. The van der Waals surface area contributed by atoms with Gasteiger partial charge in [0.15, 0.2) is 22.5 Å². The predicted molar refractivity (Wildman–Crippen MR) is 121 cm³/mol. The maximum absolute atomic E-state index is 12.5. The van der Waals surface area contributed by atoms with Gasteiger partial charge in [0, 0.05) is 23.9 Å². The number of nitrogens with zero attached hydrogens (tertiary/aromatic N) is 3. The van der Waals surface area contributed by atoms with Gasteiger partial charge in [0.2, 0.25) is 5.91 Å². The van der Waals surface area contributed by atoms with Crippen LogP contribution in [0.3, 0.4) is 0 Å². The van der Waals surface area contributed by atoms with E-state index in [1.807, 2.05) is 28.8 Å². The van der Waals surface area contributed by atoms with E-state index >= 15 is 0 Å². The monoisotopic (exact) mass is 440 g/mol. The van der Waals surface area contributed by atoms with Gasteiger partial charge in [-0.1, -0.05) is 17.8 Å². The van der Waals surface area contributed by atoms with Gasteiger partial charge in [-0.25, -0.2) is 0 Å². The Morgan fingerprint density at radius 1 is 1.06 bits per heavy atom. The highest BCUT2D eigenvalue weighted by molar-refractivity contribution is 7.99. The van der Waals surface area contributed by atoms with Gasteiger partial charge >= 0.3 is 0 Å². The summed E-state index contributed by atoms with van der Waals surface area (Å²) in [5.74, 6) is 2.61. The molecule has 1 heterocycles. The first-order chi connectivity index (χ1) is 15.1. The molecule has 3 aromatic rings.